The van der Waals surface area contributed by atoms with Gasteiger partial charge in [-0.1, -0.05) is 0 Å². The molecule has 0 aliphatic rings. The monoisotopic (exact) mass is 318 g/mol. The number of Topliss-reactive ketones (excluding diaryl/α,β-unsaturated/α-hetero) is 1. The largest absolute Gasteiger partial charge is 0.305 e. The van der Waals surface area contributed by atoms with E-state index in [2.05, 4.69) is 4.98 Å². The van der Waals surface area contributed by atoms with Gasteiger partial charge in [0.1, 0.15) is 16.5 Å². The Hall–Kier alpha value is -1.93. The van der Waals surface area contributed by atoms with Crippen LogP contribution in [0.3, 0.4) is 0 Å². The average molecular weight is 319 g/mol. The number of ketones is 1. The molecule has 0 aliphatic heterocycles. The Morgan fingerprint density at radius 1 is 1.45 bits per heavy atom. The highest BCUT2D eigenvalue weighted by Crippen LogP contribution is 2.33. The summed E-state index contributed by atoms with van der Waals surface area (Å²) >= 11 is 6.15. The highest BCUT2D eigenvalue weighted by molar-refractivity contribution is 7.13. The maximum Gasteiger partial charge on any atom is 0.305 e. The Kier molecular flexibility index (Phi) is 4.05. The number of hydrogen-bond acceptors (Lipinski definition) is 5. The van der Waals surface area contributed by atoms with Gasteiger partial charge in [-0.2, -0.15) is 4.39 Å². The summed E-state index contributed by atoms with van der Waals surface area (Å²) in [6.45, 7) is 0. The van der Waals surface area contributed by atoms with Crippen LogP contribution in [0.25, 0.3) is 10.6 Å². The van der Waals surface area contributed by atoms with E-state index < -0.39 is 33.6 Å². The van der Waals surface area contributed by atoms with E-state index in [-0.39, 0.29) is 16.6 Å². The number of rotatable bonds is 4. The number of benzene rings is 1. The molecule has 0 fully saturated rings. The summed E-state index contributed by atoms with van der Waals surface area (Å²) < 4.78 is 27.6. The zero-order valence-electron chi connectivity index (χ0n) is 9.60. The van der Waals surface area contributed by atoms with Gasteiger partial charge < -0.3 is 0 Å². The van der Waals surface area contributed by atoms with Crippen molar-refractivity contribution in [1.82, 2.24) is 4.98 Å². The molecule has 1 heterocycles. The lowest BCUT2D eigenvalue weighted by Gasteiger charge is -2.01. The van der Waals surface area contributed by atoms with Gasteiger partial charge in [0.25, 0.3) is 0 Å². The number of carbonyl (C=O) groups excluding carboxylic acids is 1. The molecular weight excluding hydrogens is 314 g/mol. The zero-order valence-corrected chi connectivity index (χ0v) is 11.2. The molecule has 9 heteroatoms. The molecule has 0 aliphatic carbocycles. The molecule has 104 valence electrons. The van der Waals surface area contributed by atoms with Crippen LogP contribution < -0.4 is 0 Å². The van der Waals surface area contributed by atoms with Gasteiger partial charge in [0.2, 0.25) is 5.82 Å². The molecule has 2 aromatic rings. The first-order valence-electron chi connectivity index (χ1n) is 5.13. The second kappa shape index (κ2) is 5.59. The fraction of sp³-hybridized carbons (Fsp3) is 0.0909. The van der Waals surface area contributed by atoms with Gasteiger partial charge in [-0.3, -0.25) is 14.9 Å². The fourth-order valence-corrected chi connectivity index (χ4v) is 2.46. The topological polar surface area (TPSA) is 73.1 Å². The van der Waals surface area contributed by atoms with Gasteiger partial charge in [0.15, 0.2) is 5.78 Å². The second-order valence-electron chi connectivity index (χ2n) is 3.61. The minimum atomic E-state index is -1.32. The van der Waals surface area contributed by atoms with E-state index in [1.165, 1.54) is 5.38 Å². The van der Waals surface area contributed by atoms with Crippen molar-refractivity contribution in [1.29, 1.82) is 0 Å². The first kappa shape index (κ1) is 14.5. The van der Waals surface area contributed by atoms with E-state index in [9.17, 15) is 23.7 Å². The summed E-state index contributed by atoms with van der Waals surface area (Å²) in [5.74, 6) is -3.13. The Morgan fingerprint density at radius 3 is 2.75 bits per heavy atom. The van der Waals surface area contributed by atoms with Gasteiger partial charge in [0.05, 0.1) is 16.4 Å². The Bertz CT molecular complexity index is 705. The Morgan fingerprint density at radius 2 is 2.15 bits per heavy atom. The predicted octanol–water partition coefficient (Wildman–Crippen LogP) is 3.42. The SMILES string of the molecule is O=C(CCl)c1csc(-c2c(F)ccc([N+](=O)[O-])c2F)n1. The van der Waals surface area contributed by atoms with Gasteiger partial charge >= 0.3 is 5.69 Å². The van der Waals surface area contributed by atoms with Crippen molar-refractivity contribution in [3.05, 3.63) is 45.0 Å². The molecule has 2 rings (SSSR count). The van der Waals surface area contributed by atoms with Crippen molar-refractivity contribution in [2.45, 2.75) is 0 Å². The number of alkyl halides is 1. The molecule has 0 saturated heterocycles. The first-order valence-corrected chi connectivity index (χ1v) is 6.54. The number of thiazole rings is 1. The van der Waals surface area contributed by atoms with Gasteiger partial charge in [-0.25, -0.2) is 9.37 Å². The number of aromatic nitrogens is 1. The molecule has 1 aromatic heterocycles. The maximum absolute atomic E-state index is 13.9. The summed E-state index contributed by atoms with van der Waals surface area (Å²) in [6, 6.07) is 1.51. The molecule has 0 amide bonds. The minimum absolute atomic E-state index is 0.0368. The zero-order chi connectivity index (χ0) is 14.9. The van der Waals surface area contributed by atoms with E-state index in [0.717, 1.165) is 23.5 Å². The van der Waals surface area contributed by atoms with Crippen molar-refractivity contribution in [2.24, 2.45) is 0 Å². The lowest BCUT2D eigenvalue weighted by molar-refractivity contribution is -0.387. The van der Waals surface area contributed by atoms with Crippen LogP contribution in [0.15, 0.2) is 17.5 Å². The van der Waals surface area contributed by atoms with Crippen LogP contribution in [0, 0.1) is 21.7 Å². The average Bonchev–Trinajstić information content (AvgIpc) is 2.87. The number of nitrogens with zero attached hydrogens (tertiary/aromatic N) is 2. The molecule has 0 spiro atoms. The van der Waals surface area contributed by atoms with Crippen molar-refractivity contribution in [3.63, 3.8) is 0 Å². The predicted molar refractivity (Wildman–Crippen MR) is 69.2 cm³/mol. The lowest BCUT2D eigenvalue weighted by atomic mass is 10.2. The summed E-state index contributed by atoms with van der Waals surface area (Å²) in [7, 11) is 0. The van der Waals surface area contributed by atoms with E-state index >= 15 is 0 Å². The molecule has 0 atom stereocenters. The molecule has 0 saturated carbocycles. The first-order chi connectivity index (χ1) is 9.45. The number of halogens is 3. The van der Waals surface area contributed by atoms with Crippen LogP contribution in [0.5, 0.6) is 0 Å². The van der Waals surface area contributed by atoms with E-state index in [1.54, 1.807) is 0 Å². The molecule has 5 nitrogen and oxygen atoms in total. The molecule has 0 radical (unpaired) electrons. The summed E-state index contributed by atoms with van der Waals surface area (Å²) in [5, 5.41) is 11.8. The van der Waals surface area contributed by atoms with Crippen LogP contribution >= 0.6 is 22.9 Å². The normalized spacial score (nSPS) is 10.6. The standard InChI is InChI=1S/C11H5ClF2N2O3S/c12-3-8(17)6-4-20-11(15-6)9-5(13)1-2-7(10(9)14)16(18)19/h1-2,4H,3H2. The van der Waals surface area contributed by atoms with Crippen LogP contribution in [-0.2, 0) is 0 Å². The highest BCUT2D eigenvalue weighted by atomic mass is 35.5. The number of nitro groups is 1. The third kappa shape index (κ3) is 2.52. The van der Waals surface area contributed by atoms with E-state index in [0.29, 0.717) is 0 Å². The summed E-state index contributed by atoms with van der Waals surface area (Å²) in [6.07, 6.45) is 0. The quantitative estimate of drug-likeness (QED) is 0.375. The van der Waals surface area contributed by atoms with Crippen LogP contribution in [0.4, 0.5) is 14.5 Å². The second-order valence-corrected chi connectivity index (χ2v) is 4.73. The van der Waals surface area contributed by atoms with E-state index in [1.807, 2.05) is 0 Å². The number of nitro benzene ring substituents is 1. The number of hydrogen-bond donors (Lipinski definition) is 0. The van der Waals surface area contributed by atoms with Crippen LogP contribution in [0.1, 0.15) is 10.5 Å². The van der Waals surface area contributed by atoms with E-state index in [4.69, 9.17) is 11.6 Å². The van der Waals surface area contributed by atoms with Gasteiger partial charge in [-0.05, 0) is 6.07 Å². The highest BCUT2D eigenvalue weighted by Gasteiger charge is 2.25. The van der Waals surface area contributed by atoms with Crippen LogP contribution in [-0.4, -0.2) is 21.6 Å². The minimum Gasteiger partial charge on any atom is -0.291 e. The van der Waals surface area contributed by atoms with Crippen molar-refractivity contribution in [2.75, 3.05) is 5.88 Å². The molecule has 0 N–H and O–H groups in total. The van der Waals surface area contributed by atoms with Crippen LogP contribution in [0.2, 0.25) is 0 Å². The Balaban J connectivity index is 2.57. The third-order valence-corrected chi connectivity index (χ3v) is 3.50. The fourth-order valence-electron chi connectivity index (χ4n) is 1.46. The third-order valence-electron chi connectivity index (χ3n) is 2.39. The van der Waals surface area contributed by atoms with Gasteiger partial charge in [0, 0.05) is 11.4 Å². The summed E-state index contributed by atoms with van der Waals surface area (Å²) in [5.41, 5.74) is -1.52. The Labute approximate surface area is 120 Å². The lowest BCUT2D eigenvalue weighted by Crippen LogP contribution is -2.01. The van der Waals surface area contributed by atoms with Crippen molar-refractivity contribution >= 4 is 34.4 Å². The molecule has 0 bridgehead atoms. The molecule has 0 unspecified atom stereocenters. The van der Waals surface area contributed by atoms with Crippen molar-refractivity contribution < 1.29 is 18.5 Å². The molecular formula is C11H5ClF2N2O3S. The number of carbonyl (C=O) groups is 1. The van der Waals surface area contributed by atoms with Crippen molar-refractivity contribution in [3.8, 4) is 10.6 Å². The molecule has 1 aromatic carbocycles. The summed E-state index contributed by atoms with van der Waals surface area (Å²) in [4.78, 5) is 24.7. The smallest absolute Gasteiger partial charge is 0.291 e. The maximum atomic E-state index is 13.9. The van der Waals surface area contributed by atoms with Gasteiger partial charge in [-0.15, -0.1) is 22.9 Å². The molecule has 20 heavy (non-hydrogen) atoms.